The lowest BCUT2D eigenvalue weighted by atomic mass is 10.1. The molecule has 0 aliphatic rings. The second-order valence-corrected chi connectivity index (χ2v) is 7.14. The predicted molar refractivity (Wildman–Crippen MR) is 105 cm³/mol. The highest BCUT2D eigenvalue weighted by Crippen LogP contribution is 2.16. The monoisotopic (exact) mass is 418 g/mol. The number of nitrogens with zero attached hydrogens (tertiary/aromatic N) is 1. The maximum atomic E-state index is 12.2. The fourth-order valence-electron chi connectivity index (χ4n) is 2.13. The Morgan fingerprint density at radius 2 is 1.69 bits per heavy atom. The van der Waals surface area contributed by atoms with E-state index in [1.54, 1.807) is 36.2 Å². The molecule has 0 saturated heterocycles. The normalized spacial score (nSPS) is 10.5. The molecule has 0 spiro atoms. The third kappa shape index (κ3) is 5.88. The Kier molecular flexibility index (Phi) is 7.21. The molecule has 0 aromatic heterocycles. The summed E-state index contributed by atoms with van der Waals surface area (Å²) >= 11 is 3.35. The van der Waals surface area contributed by atoms with Crippen molar-refractivity contribution in [3.8, 4) is 5.75 Å². The van der Waals surface area contributed by atoms with E-state index >= 15 is 0 Å². The van der Waals surface area contributed by atoms with Gasteiger partial charge in [-0.05, 0) is 55.8 Å². The van der Waals surface area contributed by atoms with E-state index in [-0.39, 0.29) is 24.5 Å². The van der Waals surface area contributed by atoms with E-state index in [0.717, 1.165) is 10.0 Å². The highest BCUT2D eigenvalue weighted by atomic mass is 79.9. The Bertz CT molecular complexity index is 743. The van der Waals surface area contributed by atoms with Gasteiger partial charge in [0.2, 0.25) is 0 Å². The topological polar surface area (TPSA) is 58.6 Å². The van der Waals surface area contributed by atoms with Crippen LogP contribution in [-0.4, -0.2) is 36.4 Å². The van der Waals surface area contributed by atoms with Gasteiger partial charge in [0.1, 0.15) is 5.75 Å². The Morgan fingerprint density at radius 1 is 1.08 bits per heavy atom. The molecule has 0 heterocycles. The average molecular weight is 419 g/mol. The zero-order valence-electron chi connectivity index (χ0n) is 15.2. The minimum atomic E-state index is -0.201. The highest BCUT2D eigenvalue weighted by Gasteiger charge is 2.14. The van der Waals surface area contributed by atoms with Crippen LogP contribution in [0.15, 0.2) is 53.0 Å². The average Bonchev–Trinajstić information content (AvgIpc) is 2.65. The quantitative estimate of drug-likeness (QED) is 0.746. The van der Waals surface area contributed by atoms with Gasteiger partial charge in [-0.25, -0.2) is 0 Å². The standard InChI is InChI=1S/C20H23BrN2O3/c1-14(2)23(3)20(25)16-6-4-15(5-7-16)12-22-19(24)13-26-18-10-8-17(21)9-11-18/h4-11,14H,12-13H2,1-3H3,(H,22,24). The molecule has 0 aliphatic heterocycles. The molecule has 26 heavy (non-hydrogen) atoms. The van der Waals surface area contributed by atoms with Crippen LogP contribution in [0.5, 0.6) is 5.75 Å². The van der Waals surface area contributed by atoms with Crippen LogP contribution in [0.1, 0.15) is 29.8 Å². The van der Waals surface area contributed by atoms with Crippen molar-refractivity contribution in [2.75, 3.05) is 13.7 Å². The van der Waals surface area contributed by atoms with Gasteiger partial charge in [-0.1, -0.05) is 28.1 Å². The minimum Gasteiger partial charge on any atom is -0.484 e. The molecule has 0 atom stereocenters. The number of benzene rings is 2. The SMILES string of the molecule is CC(C)N(C)C(=O)c1ccc(CNC(=O)COc2ccc(Br)cc2)cc1. The molecule has 0 unspecified atom stereocenters. The van der Waals surface area contributed by atoms with Crippen LogP contribution in [0.2, 0.25) is 0 Å². The Labute approximate surface area is 162 Å². The summed E-state index contributed by atoms with van der Waals surface area (Å²) in [6, 6.07) is 14.7. The Hall–Kier alpha value is -2.34. The zero-order chi connectivity index (χ0) is 19.1. The lowest BCUT2D eigenvalue weighted by molar-refractivity contribution is -0.123. The molecule has 0 aliphatic carbocycles. The molecule has 0 fully saturated rings. The lowest BCUT2D eigenvalue weighted by Crippen LogP contribution is -2.33. The first-order chi connectivity index (χ1) is 12.4. The summed E-state index contributed by atoms with van der Waals surface area (Å²) in [5.74, 6) is 0.423. The van der Waals surface area contributed by atoms with Crippen molar-refractivity contribution >= 4 is 27.7 Å². The third-order valence-electron chi connectivity index (χ3n) is 3.97. The van der Waals surface area contributed by atoms with Crippen molar-refractivity contribution < 1.29 is 14.3 Å². The molecule has 2 aromatic rings. The van der Waals surface area contributed by atoms with E-state index < -0.39 is 0 Å². The van der Waals surface area contributed by atoms with Crippen LogP contribution in [-0.2, 0) is 11.3 Å². The molecular weight excluding hydrogens is 396 g/mol. The van der Waals surface area contributed by atoms with E-state index in [9.17, 15) is 9.59 Å². The van der Waals surface area contributed by atoms with Crippen LogP contribution in [0, 0.1) is 0 Å². The summed E-state index contributed by atoms with van der Waals surface area (Å²) in [5, 5.41) is 2.80. The van der Waals surface area contributed by atoms with E-state index in [0.29, 0.717) is 17.9 Å². The van der Waals surface area contributed by atoms with Gasteiger partial charge in [0, 0.05) is 29.7 Å². The van der Waals surface area contributed by atoms with Gasteiger partial charge in [-0.2, -0.15) is 0 Å². The summed E-state index contributed by atoms with van der Waals surface area (Å²) in [7, 11) is 1.78. The lowest BCUT2D eigenvalue weighted by Gasteiger charge is -2.21. The van der Waals surface area contributed by atoms with Crippen molar-refractivity contribution in [1.29, 1.82) is 0 Å². The van der Waals surface area contributed by atoms with Crippen molar-refractivity contribution in [2.24, 2.45) is 0 Å². The number of rotatable bonds is 7. The summed E-state index contributed by atoms with van der Waals surface area (Å²) in [4.78, 5) is 25.8. The van der Waals surface area contributed by atoms with Crippen LogP contribution < -0.4 is 10.1 Å². The molecule has 0 radical (unpaired) electrons. The molecular formula is C20H23BrN2O3. The third-order valence-corrected chi connectivity index (χ3v) is 4.50. The van der Waals surface area contributed by atoms with Gasteiger partial charge in [0.05, 0.1) is 0 Å². The maximum absolute atomic E-state index is 12.2. The molecule has 5 nitrogen and oxygen atoms in total. The van der Waals surface area contributed by atoms with Crippen molar-refractivity contribution in [3.05, 3.63) is 64.1 Å². The van der Waals surface area contributed by atoms with Gasteiger partial charge >= 0.3 is 0 Å². The number of ether oxygens (including phenoxy) is 1. The van der Waals surface area contributed by atoms with Gasteiger partial charge in [0.15, 0.2) is 6.61 Å². The number of carbonyl (C=O) groups excluding carboxylic acids is 2. The minimum absolute atomic E-state index is 0.0153. The summed E-state index contributed by atoms with van der Waals surface area (Å²) < 4.78 is 6.38. The van der Waals surface area contributed by atoms with Gasteiger partial charge < -0.3 is 15.0 Å². The summed E-state index contributed by atoms with van der Waals surface area (Å²) in [5.41, 5.74) is 1.56. The number of hydrogen-bond donors (Lipinski definition) is 1. The van der Waals surface area contributed by atoms with E-state index in [4.69, 9.17) is 4.74 Å². The van der Waals surface area contributed by atoms with E-state index in [1.165, 1.54) is 0 Å². The molecule has 2 amide bonds. The Balaban J connectivity index is 1.80. The molecule has 6 heteroatoms. The van der Waals surface area contributed by atoms with Crippen LogP contribution >= 0.6 is 15.9 Å². The summed E-state index contributed by atoms with van der Waals surface area (Å²) in [6.07, 6.45) is 0. The number of nitrogens with one attached hydrogen (secondary N) is 1. The van der Waals surface area contributed by atoms with Gasteiger partial charge in [-0.15, -0.1) is 0 Å². The molecule has 0 saturated carbocycles. The van der Waals surface area contributed by atoms with E-state index in [1.807, 2.05) is 38.1 Å². The van der Waals surface area contributed by atoms with Gasteiger partial charge in [0.25, 0.3) is 11.8 Å². The predicted octanol–water partition coefficient (Wildman–Crippen LogP) is 3.62. The Morgan fingerprint density at radius 3 is 2.27 bits per heavy atom. The summed E-state index contributed by atoms with van der Waals surface area (Å²) in [6.45, 7) is 4.28. The number of amides is 2. The second-order valence-electron chi connectivity index (χ2n) is 6.23. The zero-order valence-corrected chi connectivity index (χ0v) is 16.7. The smallest absolute Gasteiger partial charge is 0.258 e. The first-order valence-corrected chi connectivity index (χ1v) is 9.17. The van der Waals surface area contributed by atoms with Crippen LogP contribution in [0.3, 0.4) is 0 Å². The highest BCUT2D eigenvalue weighted by molar-refractivity contribution is 9.10. The first kappa shape index (κ1) is 20.0. The second kappa shape index (κ2) is 9.38. The van der Waals surface area contributed by atoms with Crippen molar-refractivity contribution in [2.45, 2.75) is 26.4 Å². The van der Waals surface area contributed by atoms with Crippen LogP contribution in [0.4, 0.5) is 0 Å². The van der Waals surface area contributed by atoms with E-state index in [2.05, 4.69) is 21.2 Å². The van der Waals surface area contributed by atoms with Gasteiger partial charge in [-0.3, -0.25) is 9.59 Å². The maximum Gasteiger partial charge on any atom is 0.258 e. The molecule has 138 valence electrons. The number of halogens is 1. The van der Waals surface area contributed by atoms with Crippen molar-refractivity contribution in [3.63, 3.8) is 0 Å². The number of hydrogen-bond acceptors (Lipinski definition) is 3. The van der Waals surface area contributed by atoms with Crippen molar-refractivity contribution in [1.82, 2.24) is 10.2 Å². The fourth-order valence-corrected chi connectivity index (χ4v) is 2.40. The largest absolute Gasteiger partial charge is 0.484 e. The molecule has 0 bridgehead atoms. The molecule has 2 aromatic carbocycles. The molecule has 1 N–H and O–H groups in total. The van der Waals surface area contributed by atoms with Crippen LogP contribution in [0.25, 0.3) is 0 Å². The molecule has 2 rings (SSSR count). The fraction of sp³-hybridized carbons (Fsp3) is 0.300. The number of carbonyl (C=O) groups is 2. The first-order valence-electron chi connectivity index (χ1n) is 8.38.